The molecule has 138 valence electrons. The minimum atomic E-state index is -0.218. The molecule has 1 amide bonds. The molecule has 2 heterocycles. The van der Waals surface area contributed by atoms with Gasteiger partial charge in [0.1, 0.15) is 0 Å². The van der Waals surface area contributed by atoms with Gasteiger partial charge in [-0.15, -0.1) is 0 Å². The van der Waals surface area contributed by atoms with Gasteiger partial charge in [0.15, 0.2) is 0 Å². The second-order valence-corrected chi connectivity index (χ2v) is 6.99. The molecular weight excluding hydrogens is 338 g/mol. The van der Waals surface area contributed by atoms with Crippen molar-refractivity contribution in [1.82, 2.24) is 20.2 Å². The monoisotopic (exact) mass is 361 g/mol. The number of para-hydroxylation sites is 1. The number of aromatic nitrogens is 3. The van der Waals surface area contributed by atoms with E-state index in [-0.39, 0.29) is 5.91 Å². The topological polar surface area (TPSA) is 72.2 Å². The predicted molar refractivity (Wildman–Crippen MR) is 106 cm³/mol. The van der Waals surface area contributed by atoms with Gasteiger partial charge in [-0.05, 0) is 45.7 Å². The number of amides is 1. The van der Waals surface area contributed by atoms with Crippen LogP contribution in [-0.4, -0.2) is 26.9 Å². The molecule has 1 aromatic carbocycles. The van der Waals surface area contributed by atoms with E-state index in [9.17, 15) is 4.79 Å². The number of hydrazone groups is 1. The van der Waals surface area contributed by atoms with E-state index >= 15 is 0 Å². The van der Waals surface area contributed by atoms with Gasteiger partial charge < -0.3 is 0 Å². The molecule has 0 radical (unpaired) electrons. The molecule has 1 saturated carbocycles. The first kappa shape index (κ1) is 17.4. The van der Waals surface area contributed by atoms with Gasteiger partial charge in [0.2, 0.25) is 0 Å². The molecule has 27 heavy (non-hydrogen) atoms. The number of carbonyl (C=O) groups excluding carboxylic acids is 1. The Kier molecular flexibility index (Phi) is 4.48. The van der Waals surface area contributed by atoms with E-state index in [2.05, 4.69) is 15.6 Å². The molecule has 6 heteroatoms. The summed E-state index contributed by atoms with van der Waals surface area (Å²) >= 11 is 0. The number of rotatable bonds is 5. The quantitative estimate of drug-likeness (QED) is 0.556. The van der Waals surface area contributed by atoms with Gasteiger partial charge in [-0.1, -0.05) is 18.2 Å². The fourth-order valence-electron chi connectivity index (χ4n) is 3.39. The molecule has 0 bridgehead atoms. The Hall–Kier alpha value is -3.02. The lowest BCUT2D eigenvalue weighted by molar-refractivity contribution is 0.0956. The zero-order valence-corrected chi connectivity index (χ0v) is 15.9. The van der Waals surface area contributed by atoms with Gasteiger partial charge in [-0.25, -0.2) is 5.43 Å². The van der Waals surface area contributed by atoms with Gasteiger partial charge in [-0.3, -0.25) is 14.5 Å². The van der Waals surface area contributed by atoms with Crippen LogP contribution in [0.2, 0.25) is 0 Å². The van der Waals surface area contributed by atoms with Crippen molar-refractivity contribution >= 4 is 23.0 Å². The minimum Gasteiger partial charge on any atom is -0.269 e. The molecule has 1 aliphatic carbocycles. The fourth-order valence-corrected chi connectivity index (χ4v) is 3.39. The highest BCUT2D eigenvalue weighted by Gasteiger charge is 2.26. The molecule has 6 nitrogen and oxygen atoms in total. The molecule has 4 rings (SSSR count). The Morgan fingerprint density at radius 2 is 2.11 bits per heavy atom. The Labute approximate surface area is 158 Å². The highest BCUT2D eigenvalue weighted by Crippen LogP contribution is 2.40. The molecular formula is C21H23N5O. The lowest BCUT2D eigenvalue weighted by Crippen LogP contribution is -2.18. The van der Waals surface area contributed by atoms with E-state index in [1.165, 1.54) is 0 Å². The molecule has 3 aromatic rings. The summed E-state index contributed by atoms with van der Waals surface area (Å²) in [7, 11) is 0. The van der Waals surface area contributed by atoms with E-state index in [1.54, 1.807) is 6.21 Å². The minimum absolute atomic E-state index is 0.218. The van der Waals surface area contributed by atoms with Crippen molar-refractivity contribution in [3.8, 4) is 0 Å². The third kappa shape index (κ3) is 3.35. The van der Waals surface area contributed by atoms with Crippen molar-refractivity contribution in [2.75, 3.05) is 0 Å². The van der Waals surface area contributed by atoms with Gasteiger partial charge in [0.05, 0.1) is 23.0 Å². The van der Waals surface area contributed by atoms with Crippen molar-refractivity contribution in [2.45, 2.75) is 46.1 Å². The number of fused-ring (bicyclic) bond motifs is 1. The molecule has 0 aliphatic heterocycles. The molecule has 0 atom stereocenters. The van der Waals surface area contributed by atoms with Crippen molar-refractivity contribution in [3.63, 3.8) is 0 Å². The van der Waals surface area contributed by atoms with Crippen LogP contribution >= 0.6 is 0 Å². The van der Waals surface area contributed by atoms with Crippen LogP contribution in [0, 0.1) is 13.8 Å². The summed E-state index contributed by atoms with van der Waals surface area (Å²) in [6.07, 6.45) is 3.96. The maximum Gasteiger partial charge on any atom is 0.272 e. The van der Waals surface area contributed by atoms with Gasteiger partial charge in [-0.2, -0.15) is 10.2 Å². The first-order valence-corrected chi connectivity index (χ1v) is 9.35. The predicted octanol–water partition coefficient (Wildman–Crippen LogP) is 3.71. The third-order valence-electron chi connectivity index (χ3n) is 5.07. The van der Waals surface area contributed by atoms with Gasteiger partial charge in [0.25, 0.3) is 5.91 Å². The highest BCUT2D eigenvalue weighted by atomic mass is 16.2. The number of benzene rings is 1. The van der Waals surface area contributed by atoms with Crippen LogP contribution in [0.4, 0.5) is 0 Å². The average molecular weight is 361 g/mol. The summed E-state index contributed by atoms with van der Waals surface area (Å²) in [5.74, 6) is 0.264. The van der Waals surface area contributed by atoms with Crippen LogP contribution in [0.5, 0.6) is 0 Å². The molecule has 0 saturated heterocycles. The summed E-state index contributed by atoms with van der Waals surface area (Å²) in [4.78, 5) is 17.5. The molecule has 0 unspecified atom stereocenters. The number of nitrogens with one attached hydrogen (secondary N) is 1. The summed E-state index contributed by atoms with van der Waals surface area (Å²) in [5.41, 5.74) is 8.03. The first-order valence-electron chi connectivity index (χ1n) is 9.35. The van der Waals surface area contributed by atoms with E-state index in [0.717, 1.165) is 52.9 Å². The molecule has 2 aromatic heterocycles. The Morgan fingerprint density at radius 1 is 1.33 bits per heavy atom. The number of hydrogen-bond donors (Lipinski definition) is 1. The number of pyridine rings is 1. The summed E-state index contributed by atoms with van der Waals surface area (Å²) < 4.78 is 1.93. The zero-order valence-electron chi connectivity index (χ0n) is 15.9. The first-order chi connectivity index (χ1) is 13.1. The lowest BCUT2D eigenvalue weighted by atomic mass is 10.1. The third-order valence-corrected chi connectivity index (χ3v) is 5.07. The maximum absolute atomic E-state index is 12.8. The Morgan fingerprint density at radius 3 is 2.81 bits per heavy atom. The number of aryl methyl sites for hydroxylation is 2. The largest absolute Gasteiger partial charge is 0.272 e. The van der Waals surface area contributed by atoms with Crippen LogP contribution in [0.25, 0.3) is 10.9 Å². The second-order valence-electron chi connectivity index (χ2n) is 6.99. The smallest absolute Gasteiger partial charge is 0.269 e. The summed E-state index contributed by atoms with van der Waals surface area (Å²) in [5, 5.41) is 9.50. The van der Waals surface area contributed by atoms with Crippen molar-refractivity contribution in [1.29, 1.82) is 0 Å². The maximum atomic E-state index is 12.8. The van der Waals surface area contributed by atoms with Gasteiger partial charge in [0, 0.05) is 34.8 Å². The standard InChI is InChI=1S/C21H23N5O/c1-4-26-14(3)18(13(2)25-26)12-22-24-21(27)17-11-20(15-9-10-15)23-19-8-6-5-7-16(17)19/h5-8,11-12,15H,4,9-10H2,1-3H3,(H,24,27). The molecule has 1 fully saturated rings. The van der Waals surface area contributed by atoms with Crippen LogP contribution in [-0.2, 0) is 6.54 Å². The van der Waals surface area contributed by atoms with Crippen LogP contribution < -0.4 is 5.43 Å². The van der Waals surface area contributed by atoms with Crippen LogP contribution in [0.1, 0.15) is 58.7 Å². The molecule has 1 N–H and O–H groups in total. The average Bonchev–Trinajstić information content (AvgIpc) is 3.49. The molecule has 1 aliphatic rings. The molecule has 0 spiro atoms. The van der Waals surface area contributed by atoms with Crippen molar-refractivity contribution in [3.05, 3.63) is 58.5 Å². The van der Waals surface area contributed by atoms with E-state index < -0.39 is 0 Å². The zero-order chi connectivity index (χ0) is 19.0. The summed E-state index contributed by atoms with van der Waals surface area (Å²) in [6, 6.07) is 9.66. The Balaban J connectivity index is 1.61. The Bertz CT molecular complexity index is 1050. The summed E-state index contributed by atoms with van der Waals surface area (Å²) in [6.45, 7) is 6.81. The van der Waals surface area contributed by atoms with Crippen LogP contribution in [0.3, 0.4) is 0 Å². The normalized spacial score (nSPS) is 14.2. The van der Waals surface area contributed by atoms with Crippen LogP contribution in [0.15, 0.2) is 35.4 Å². The van der Waals surface area contributed by atoms with E-state index in [0.29, 0.717) is 11.5 Å². The second kappa shape index (κ2) is 6.95. The van der Waals surface area contributed by atoms with Crippen molar-refractivity contribution < 1.29 is 4.79 Å². The van der Waals surface area contributed by atoms with Gasteiger partial charge >= 0.3 is 0 Å². The van der Waals surface area contributed by atoms with E-state index in [1.807, 2.05) is 55.8 Å². The fraction of sp³-hybridized carbons (Fsp3) is 0.333. The number of carbonyl (C=O) groups is 1. The van der Waals surface area contributed by atoms with Crippen molar-refractivity contribution in [2.24, 2.45) is 5.10 Å². The number of nitrogens with zero attached hydrogens (tertiary/aromatic N) is 4. The number of hydrogen-bond acceptors (Lipinski definition) is 4. The SMILES string of the molecule is CCn1nc(C)c(C=NNC(=O)c2cc(C3CC3)nc3ccccc23)c1C. The highest BCUT2D eigenvalue weighted by molar-refractivity contribution is 6.06. The lowest BCUT2D eigenvalue weighted by Gasteiger charge is -2.08. The van der Waals surface area contributed by atoms with E-state index in [4.69, 9.17) is 4.98 Å².